The van der Waals surface area contributed by atoms with Gasteiger partial charge in [-0.2, -0.15) is 0 Å². The van der Waals surface area contributed by atoms with Crippen LogP contribution in [0.25, 0.3) is 0 Å². The summed E-state index contributed by atoms with van der Waals surface area (Å²) in [6.07, 6.45) is 8.61. The Morgan fingerprint density at radius 2 is 2.20 bits per heavy atom. The van der Waals surface area contributed by atoms with Gasteiger partial charge in [-0.3, -0.25) is 0 Å². The molecular formula is C8H8NO-. The summed E-state index contributed by atoms with van der Waals surface area (Å²) >= 11 is 0. The summed E-state index contributed by atoms with van der Waals surface area (Å²) in [5, 5.41) is 11.7. The van der Waals surface area contributed by atoms with Crippen LogP contribution in [0, 0.1) is 5.21 Å². The second-order valence-electron chi connectivity index (χ2n) is 2.55. The summed E-state index contributed by atoms with van der Waals surface area (Å²) in [6, 6.07) is 0. The van der Waals surface area contributed by atoms with Gasteiger partial charge in [0.15, 0.2) is 0 Å². The van der Waals surface area contributed by atoms with Gasteiger partial charge in [-0.15, -0.1) is 0 Å². The van der Waals surface area contributed by atoms with Crippen LogP contribution in [-0.2, 0) is 0 Å². The van der Waals surface area contributed by atoms with Gasteiger partial charge in [-0.25, -0.2) is 0 Å². The van der Waals surface area contributed by atoms with Crippen molar-refractivity contribution in [3.63, 3.8) is 0 Å². The maximum Gasteiger partial charge on any atom is 0.0314 e. The van der Waals surface area contributed by atoms with Crippen molar-refractivity contribution in [1.82, 2.24) is 5.06 Å². The molecule has 0 radical (unpaired) electrons. The Labute approximate surface area is 59.7 Å². The average molecular weight is 134 g/mol. The Kier molecular flexibility index (Phi) is 1.14. The molecule has 52 valence electrons. The molecule has 0 saturated heterocycles. The molecule has 1 heterocycles. The number of hydroxylamine groups is 2. The van der Waals surface area contributed by atoms with E-state index >= 15 is 0 Å². The fourth-order valence-electron chi connectivity index (χ4n) is 1.29. The Hall–Kier alpha value is -1.02. The molecule has 0 N–H and O–H groups in total. The van der Waals surface area contributed by atoms with Gasteiger partial charge in [-0.05, 0) is 29.8 Å². The van der Waals surface area contributed by atoms with Crippen molar-refractivity contribution in [3.8, 4) is 0 Å². The first-order valence-electron chi connectivity index (χ1n) is 3.37. The molecule has 0 aromatic rings. The lowest BCUT2D eigenvalue weighted by Gasteiger charge is -2.29. The van der Waals surface area contributed by atoms with E-state index in [4.69, 9.17) is 0 Å². The molecule has 0 unspecified atom stereocenters. The van der Waals surface area contributed by atoms with Gasteiger partial charge in [0.1, 0.15) is 0 Å². The third kappa shape index (κ3) is 0.772. The second-order valence-corrected chi connectivity index (χ2v) is 2.55. The standard InChI is InChI=1S/C8H8NO/c10-9-5-4-7-2-1-3-8(7)6-9/h1,3-5H,2,6H2/q-1. The van der Waals surface area contributed by atoms with Crippen molar-refractivity contribution >= 4 is 0 Å². The van der Waals surface area contributed by atoms with Crippen LogP contribution < -0.4 is 0 Å². The van der Waals surface area contributed by atoms with Gasteiger partial charge in [0.05, 0.1) is 0 Å². The van der Waals surface area contributed by atoms with Crippen molar-refractivity contribution in [3.05, 3.63) is 40.8 Å². The molecule has 1 aliphatic heterocycles. The molecule has 0 aromatic heterocycles. The minimum Gasteiger partial charge on any atom is -0.758 e. The maximum absolute atomic E-state index is 10.8. The minimum atomic E-state index is 0.530. The van der Waals surface area contributed by atoms with Crippen LogP contribution in [0.1, 0.15) is 6.42 Å². The summed E-state index contributed by atoms with van der Waals surface area (Å²) in [5.74, 6) is 0. The summed E-state index contributed by atoms with van der Waals surface area (Å²) in [5.41, 5.74) is 2.48. The van der Waals surface area contributed by atoms with Crippen LogP contribution >= 0.6 is 0 Å². The van der Waals surface area contributed by atoms with Gasteiger partial charge in [0, 0.05) is 6.54 Å². The van der Waals surface area contributed by atoms with E-state index in [1.165, 1.54) is 11.1 Å². The van der Waals surface area contributed by atoms with E-state index in [1.807, 2.05) is 12.2 Å². The Morgan fingerprint density at radius 1 is 1.30 bits per heavy atom. The van der Waals surface area contributed by atoms with E-state index in [0.717, 1.165) is 11.5 Å². The third-order valence-corrected chi connectivity index (χ3v) is 1.84. The van der Waals surface area contributed by atoms with Crippen LogP contribution in [0.3, 0.4) is 0 Å². The number of nitrogens with zero attached hydrogens (tertiary/aromatic N) is 1. The van der Waals surface area contributed by atoms with Gasteiger partial charge in [-0.1, -0.05) is 12.2 Å². The van der Waals surface area contributed by atoms with Crippen LogP contribution in [0.15, 0.2) is 35.6 Å². The van der Waals surface area contributed by atoms with Crippen molar-refractivity contribution < 1.29 is 0 Å². The van der Waals surface area contributed by atoms with Crippen molar-refractivity contribution in [2.24, 2.45) is 0 Å². The number of hydrogen-bond acceptors (Lipinski definition) is 2. The predicted octanol–water partition coefficient (Wildman–Crippen LogP) is 1.57. The molecule has 2 nitrogen and oxygen atoms in total. The van der Waals surface area contributed by atoms with Crippen LogP contribution in [0.4, 0.5) is 0 Å². The van der Waals surface area contributed by atoms with Crippen molar-refractivity contribution in [2.45, 2.75) is 6.42 Å². The molecule has 0 amide bonds. The Balaban J connectivity index is 2.28. The van der Waals surface area contributed by atoms with E-state index in [-0.39, 0.29) is 0 Å². The average Bonchev–Trinajstić information content (AvgIpc) is 2.33. The molecule has 0 saturated carbocycles. The second kappa shape index (κ2) is 1.99. The van der Waals surface area contributed by atoms with Gasteiger partial charge in [0.25, 0.3) is 0 Å². The zero-order valence-corrected chi connectivity index (χ0v) is 5.58. The molecule has 0 bridgehead atoms. The quantitative estimate of drug-likeness (QED) is 0.502. The molecule has 0 atom stereocenters. The van der Waals surface area contributed by atoms with Crippen LogP contribution in [0.5, 0.6) is 0 Å². The SMILES string of the molecule is [O-]N1C=CC2=C(C=CC2)C1. The number of allylic oxidation sites excluding steroid dienone is 3. The van der Waals surface area contributed by atoms with Gasteiger partial charge < -0.3 is 10.3 Å². The molecule has 2 rings (SSSR count). The maximum atomic E-state index is 10.8. The largest absolute Gasteiger partial charge is 0.758 e. The Bertz CT molecular complexity index is 238. The van der Waals surface area contributed by atoms with Crippen molar-refractivity contribution in [2.75, 3.05) is 6.54 Å². The highest BCUT2D eigenvalue weighted by Gasteiger charge is 2.08. The van der Waals surface area contributed by atoms with Gasteiger partial charge in [0.2, 0.25) is 0 Å². The highest BCUT2D eigenvalue weighted by molar-refractivity contribution is 5.43. The predicted molar refractivity (Wildman–Crippen MR) is 40.0 cm³/mol. The lowest BCUT2D eigenvalue weighted by atomic mass is 10.1. The first-order valence-corrected chi connectivity index (χ1v) is 3.37. The topological polar surface area (TPSA) is 26.3 Å². The smallest absolute Gasteiger partial charge is 0.0314 e. The summed E-state index contributed by atoms with van der Waals surface area (Å²) in [6.45, 7) is 0.530. The lowest BCUT2D eigenvalue weighted by Crippen LogP contribution is -2.14. The fraction of sp³-hybridized carbons (Fsp3) is 0.250. The monoisotopic (exact) mass is 134 g/mol. The molecular weight excluding hydrogens is 126 g/mol. The fourth-order valence-corrected chi connectivity index (χ4v) is 1.29. The van der Waals surface area contributed by atoms with Crippen LogP contribution in [0.2, 0.25) is 0 Å². The number of hydrogen-bond donors (Lipinski definition) is 0. The van der Waals surface area contributed by atoms with Gasteiger partial charge >= 0.3 is 0 Å². The third-order valence-electron chi connectivity index (χ3n) is 1.84. The first-order chi connectivity index (χ1) is 4.86. The zero-order chi connectivity index (χ0) is 6.97. The molecule has 1 aliphatic carbocycles. The Morgan fingerprint density at radius 3 is 3.10 bits per heavy atom. The minimum absolute atomic E-state index is 0.530. The van der Waals surface area contributed by atoms with Crippen molar-refractivity contribution in [1.29, 1.82) is 0 Å². The molecule has 2 heteroatoms. The van der Waals surface area contributed by atoms with E-state index in [0.29, 0.717) is 6.54 Å². The van der Waals surface area contributed by atoms with E-state index in [2.05, 4.69) is 6.08 Å². The molecule has 0 aromatic carbocycles. The zero-order valence-electron chi connectivity index (χ0n) is 5.58. The molecule has 2 aliphatic rings. The normalized spacial score (nSPS) is 22.3. The van der Waals surface area contributed by atoms with Crippen LogP contribution in [-0.4, -0.2) is 11.6 Å². The summed E-state index contributed by atoms with van der Waals surface area (Å²) in [7, 11) is 0. The molecule has 0 fully saturated rings. The summed E-state index contributed by atoms with van der Waals surface area (Å²) < 4.78 is 0. The van der Waals surface area contributed by atoms with E-state index in [9.17, 15) is 5.21 Å². The highest BCUT2D eigenvalue weighted by Crippen LogP contribution is 2.23. The lowest BCUT2D eigenvalue weighted by molar-refractivity contribution is 0.550. The summed E-state index contributed by atoms with van der Waals surface area (Å²) in [4.78, 5) is 0. The van der Waals surface area contributed by atoms with E-state index < -0.39 is 0 Å². The molecule has 0 spiro atoms. The highest BCUT2D eigenvalue weighted by atomic mass is 16.5. The van der Waals surface area contributed by atoms with E-state index in [1.54, 1.807) is 6.20 Å². The number of rotatable bonds is 0. The first kappa shape index (κ1) is 5.74. The molecule has 10 heavy (non-hydrogen) atoms.